The van der Waals surface area contributed by atoms with E-state index in [1.807, 2.05) is 0 Å². The van der Waals surface area contributed by atoms with Gasteiger partial charge in [-0.05, 0) is 50.0 Å². The van der Waals surface area contributed by atoms with Gasteiger partial charge in [-0.25, -0.2) is 0 Å². The summed E-state index contributed by atoms with van der Waals surface area (Å²) < 4.78 is 0. The molecule has 2 bridgehead atoms. The van der Waals surface area contributed by atoms with Gasteiger partial charge in [-0.15, -0.1) is 0 Å². The van der Waals surface area contributed by atoms with E-state index in [-0.39, 0.29) is 12.0 Å². The number of hydrogen-bond donors (Lipinski definition) is 1. The highest BCUT2D eigenvalue weighted by Crippen LogP contribution is 2.48. The third-order valence-corrected chi connectivity index (χ3v) is 5.97. The molecule has 120 valence electrons. The molecule has 0 radical (unpaired) electrons. The average Bonchev–Trinajstić information content (AvgIpc) is 3.06. The van der Waals surface area contributed by atoms with Gasteiger partial charge in [0.2, 0.25) is 5.91 Å². The van der Waals surface area contributed by atoms with Crippen molar-refractivity contribution >= 4 is 5.91 Å². The predicted octanol–water partition coefficient (Wildman–Crippen LogP) is 1.55. The van der Waals surface area contributed by atoms with Crippen LogP contribution in [0.1, 0.15) is 39.5 Å². The summed E-state index contributed by atoms with van der Waals surface area (Å²) in [6.07, 6.45) is 4.93. The number of amides is 1. The first-order valence-corrected chi connectivity index (χ1v) is 8.83. The van der Waals surface area contributed by atoms with Gasteiger partial charge in [-0.3, -0.25) is 9.69 Å². The predicted molar refractivity (Wildman–Crippen MR) is 84.8 cm³/mol. The lowest BCUT2D eigenvalue weighted by Gasteiger charge is -2.38. The SMILES string of the molecule is CC(C)CCN1CCN(C(=O)C2C3CCC(C3)C2N)CC1. The minimum Gasteiger partial charge on any atom is -0.340 e. The van der Waals surface area contributed by atoms with Gasteiger partial charge in [0.15, 0.2) is 0 Å². The molecule has 4 unspecified atom stereocenters. The Morgan fingerprint density at radius 1 is 1.14 bits per heavy atom. The third-order valence-electron chi connectivity index (χ3n) is 5.97. The molecular weight excluding hydrogens is 262 g/mol. The van der Waals surface area contributed by atoms with E-state index < -0.39 is 0 Å². The molecule has 21 heavy (non-hydrogen) atoms. The van der Waals surface area contributed by atoms with Crippen molar-refractivity contribution in [2.24, 2.45) is 29.4 Å². The molecule has 0 aromatic rings. The van der Waals surface area contributed by atoms with Crippen molar-refractivity contribution in [3.8, 4) is 0 Å². The van der Waals surface area contributed by atoms with Crippen molar-refractivity contribution in [2.45, 2.75) is 45.6 Å². The topological polar surface area (TPSA) is 49.6 Å². The van der Waals surface area contributed by atoms with Crippen molar-refractivity contribution in [1.82, 2.24) is 9.80 Å². The van der Waals surface area contributed by atoms with E-state index in [2.05, 4.69) is 23.6 Å². The van der Waals surface area contributed by atoms with E-state index in [9.17, 15) is 4.79 Å². The van der Waals surface area contributed by atoms with E-state index >= 15 is 0 Å². The summed E-state index contributed by atoms with van der Waals surface area (Å²) in [5.41, 5.74) is 6.32. The number of hydrogen-bond acceptors (Lipinski definition) is 3. The Balaban J connectivity index is 1.49. The van der Waals surface area contributed by atoms with Crippen LogP contribution in [0.2, 0.25) is 0 Å². The summed E-state index contributed by atoms with van der Waals surface area (Å²) in [5.74, 6) is 2.45. The minimum atomic E-state index is 0.131. The first-order chi connectivity index (χ1) is 10.1. The molecule has 2 aliphatic carbocycles. The van der Waals surface area contributed by atoms with Crippen LogP contribution in [0.15, 0.2) is 0 Å². The van der Waals surface area contributed by atoms with Crippen LogP contribution in [0.5, 0.6) is 0 Å². The molecule has 0 spiro atoms. The van der Waals surface area contributed by atoms with Crippen molar-refractivity contribution in [3.05, 3.63) is 0 Å². The number of nitrogens with two attached hydrogens (primary N) is 1. The second-order valence-electron chi connectivity index (χ2n) is 7.79. The summed E-state index contributed by atoms with van der Waals surface area (Å²) in [7, 11) is 0. The number of nitrogens with zero attached hydrogens (tertiary/aromatic N) is 2. The molecule has 4 nitrogen and oxygen atoms in total. The number of piperazine rings is 1. The number of carbonyl (C=O) groups is 1. The molecule has 0 aromatic carbocycles. The van der Waals surface area contributed by atoms with Crippen LogP contribution in [-0.4, -0.2) is 54.5 Å². The van der Waals surface area contributed by atoms with Crippen molar-refractivity contribution in [3.63, 3.8) is 0 Å². The van der Waals surface area contributed by atoms with Crippen LogP contribution in [0.25, 0.3) is 0 Å². The van der Waals surface area contributed by atoms with E-state index in [1.165, 1.54) is 32.2 Å². The summed E-state index contributed by atoms with van der Waals surface area (Å²) in [4.78, 5) is 17.4. The van der Waals surface area contributed by atoms with E-state index in [4.69, 9.17) is 5.73 Å². The van der Waals surface area contributed by atoms with Crippen LogP contribution in [-0.2, 0) is 4.79 Å². The molecule has 3 fully saturated rings. The monoisotopic (exact) mass is 293 g/mol. The second kappa shape index (κ2) is 6.25. The summed E-state index contributed by atoms with van der Waals surface area (Å²) in [6, 6.07) is 0.134. The van der Waals surface area contributed by atoms with Crippen molar-refractivity contribution in [2.75, 3.05) is 32.7 Å². The fourth-order valence-corrected chi connectivity index (χ4v) is 4.55. The van der Waals surface area contributed by atoms with Gasteiger partial charge in [-0.1, -0.05) is 13.8 Å². The molecule has 3 rings (SSSR count). The maximum Gasteiger partial charge on any atom is 0.227 e. The van der Waals surface area contributed by atoms with Crippen molar-refractivity contribution < 1.29 is 4.79 Å². The fourth-order valence-electron chi connectivity index (χ4n) is 4.55. The zero-order chi connectivity index (χ0) is 15.0. The van der Waals surface area contributed by atoms with Crippen LogP contribution < -0.4 is 5.73 Å². The maximum absolute atomic E-state index is 12.8. The highest BCUT2D eigenvalue weighted by molar-refractivity contribution is 5.80. The van der Waals surface area contributed by atoms with Gasteiger partial charge in [0.05, 0.1) is 5.92 Å². The van der Waals surface area contributed by atoms with Gasteiger partial charge in [-0.2, -0.15) is 0 Å². The standard InChI is InChI=1S/C17H31N3O/c1-12(2)5-6-19-7-9-20(10-8-19)17(21)15-13-3-4-14(11-13)16(15)18/h12-16H,3-11,18H2,1-2H3. The van der Waals surface area contributed by atoms with Crippen LogP contribution in [0.4, 0.5) is 0 Å². The molecule has 2 saturated carbocycles. The molecule has 4 atom stereocenters. The van der Waals surface area contributed by atoms with Gasteiger partial charge in [0.1, 0.15) is 0 Å². The molecular formula is C17H31N3O. The fraction of sp³-hybridized carbons (Fsp3) is 0.941. The highest BCUT2D eigenvalue weighted by atomic mass is 16.2. The Hall–Kier alpha value is -0.610. The zero-order valence-electron chi connectivity index (χ0n) is 13.6. The average molecular weight is 293 g/mol. The molecule has 1 heterocycles. The lowest BCUT2D eigenvalue weighted by atomic mass is 9.84. The minimum absolute atomic E-state index is 0.131. The van der Waals surface area contributed by atoms with Crippen molar-refractivity contribution in [1.29, 1.82) is 0 Å². The summed E-state index contributed by atoms with van der Waals surface area (Å²) in [6.45, 7) is 9.60. The van der Waals surface area contributed by atoms with Crippen LogP contribution in [0.3, 0.4) is 0 Å². The van der Waals surface area contributed by atoms with Crippen LogP contribution >= 0.6 is 0 Å². The molecule has 2 N–H and O–H groups in total. The smallest absolute Gasteiger partial charge is 0.227 e. The third kappa shape index (κ3) is 3.11. The lowest BCUT2D eigenvalue weighted by Crippen LogP contribution is -2.53. The molecule has 3 aliphatic rings. The van der Waals surface area contributed by atoms with Gasteiger partial charge in [0, 0.05) is 32.2 Å². The molecule has 1 amide bonds. The molecule has 1 saturated heterocycles. The Morgan fingerprint density at radius 3 is 2.38 bits per heavy atom. The Bertz CT molecular complexity index is 374. The normalized spacial score (nSPS) is 36.7. The quantitative estimate of drug-likeness (QED) is 0.855. The van der Waals surface area contributed by atoms with Gasteiger partial charge in [0.25, 0.3) is 0 Å². The largest absolute Gasteiger partial charge is 0.340 e. The number of rotatable bonds is 4. The van der Waals surface area contributed by atoms with E-state index in [1.54, 1.807) is 0 Å². The zero-order valence-corrected chi connectivity index (χ0v) is 13.6. The van der Waals surface area contributed by atoms with Gasteiger partial charge < -0.3 is 10.6 Å². The molecule has 1 aliphatic heterocycles. The summed E-state index contributed by atoms with van der Waals surface area (Å²) in [5, 5.41) is 0. The first kappa shape index (κ1) is 15.3. The number of carbonyl (C=O) groups excluding carboxylic acids is 1. The van der Waals surface area contributed by atoms with E-state index in [0.717, 1.165) is 32.1 Å². The summed E-state index contributed by atoms with van der Waals surface area (Å²) >= 11 is 0. The highest BCUT2D eigenvalue weighted by Gasteiger charge is 2.50. The lowest BCUT2D eigenvalue weighted by molar-refractivity contribution is -0.139. The first-order valence-electron chi connectivity index (χ1n) is 8.83. The van der Waals surface area contributed by atoms with Crippen LogP contribution in [0, 0.1) is 23.7 Å². The molecule has 0 aromatic heterocycles. The van der Waals surface area contributed by atoms with E-state index in [0.29, 0.717) is 17.7 Å². The Morgan fingerprint density at radius 2 is 1.81 bits per heavy atom. The Labute approximate surface area is 129 Å². The Kier molecular flexibility index (Phi) is 4.55. The number of fused-ring (bicyclic) bond motifs is 2. The van der Waals surface area contributed by atoms with Gasteiger partial charge >= 0.3 is 0 Å². The molecule has 4 heteroatoms. The second-order valence-corrected chi connectivity index (χ2v) is 7.79. The maximum atomic E-state index is 12.8.